The van der Waals surface area contributed by atoms with Gasteiger partial charge in [-0.15, -0.1) is 13.2 Å². The van der Waals surface area contributed by atoms with Gasteiger partial charge in [-0.3, -0.25) is 4.79 Å². The van der Waals surface area contributed by atoms with E-state index in [1.54, 1.807) is 6.07 Å². The minimum Gasteiger partial charge on any atom is -0.406 e. The van der Waals surface area contributed by atoms with Crippen LogP contribution in [0.2, 0.25) is 0 Å². The van der Waals surface area contributed by atoms with Crippen LogP contribution in [0.4, 0.5) is 13.2 Å². The first kappa shape index (κ1) is 14.4. The lowest BCUT2D eigenvalue weighted by atomic mass is 10.1. The molecule has 2 bridgehead atoms. The van der Waals surface area contributed by atoms with Crippen molar-refractivity contribution in [2.24, 2.45) is 5.92 Å². The molecule has 0 radical (unpaired) electrons. The Hall–Kier alpha value is -2.18. The van der Waals surface area contributed by atoms with Crippen molar-refractivity contribution < 1.29 is 22.7 Å². The fourth-order valence-corrected chi connectivity index (χ4v) is 3.75. The molecule has 1 amide bonds. The summed E-state index contributed by atoms with van der Waals surface area (Å²) in [5.74, 6) is 0.220. The smallest absolute Gasteiger partial charge is 0.406 e. The van der Waals surface area contributed by atoms with Crippen LogP contribution in [0, 0.1) is 5.92 Å². The van der Waals surface area contributed by atoms with E-state index in [0.717, 1.165) is 19.4 Å². The SMILES string of the molecule is O=C(c1cc2ccc(OC(F)(F)F)cc2[nH]1)N1CC2CCC1C2. The van der Waals surface area contributed by atoms with E-state index in [0.29, 0.717) is 28.6 Å². The molecule has 1 aromatic carbocycles. The fourth-order valence-electron chi connectivity index (χ4n) is 3.75. The summed E-state index contributed by atoms with van der Waals surface area (Å²) in [6, 6.07) is 6.01. The largest absolute Gasteiger partial charge is 0.573 e. The van der Waals surface area contributed by atoms with Crippen LogP contribution in [0.25, 0.3) is 10.9 Å². The Morgan fingerprint density at radius 2 is 2.09 bits per heavy atom. The van der Waals surface area contributed by atoms with E-state index >= 15 is 0 Å². The van der Waals surface area contributed by atoms with Crippen LogP contribution in [0.5, 0.6) is 5.75 Å². The van der Waals surface area contributed by atoms with E-state index < -0.39 is 6.36 Å². The number of piperidine rings is 1. The molecule has 1 aliphatic carbocycles. The summed E-state index contributed by atoms with van der Waals surface area (Å²) in [7, 11) is 0. The molecule has 7 heteroatoms. The molecule has 23 heavy (non-hydrogen) atoms. The second kappa shape index (κ2) is 4.91. The van der Waals surface area contributed by atoms with Crippen molar-refractivity contribution in [3.8, 4) is 5.75 Å². The van der Waals surface area contributed by atoms with Gasteiger partial charge in [0.25, 0.3) is 5.91 Å². The van der Waals surface area contributed by atoms with Crippen molar-refractivity contribution in [1.29, 1.82) is 0 Å². The second-order valence-electron chi connectivity index (χ2n) is 6.27. The zero-order valence-electron chi connectivity index (χ0n) is 12.2. The Kier molecular flexibility index (Phi) is 3.08. The number of fused-ring (bicyclic) bond motifs is 3. The Morgan fingerprint density at radius 3 is 2.74 bits per heavy atom. The molecule has 2 aromatic rings. The number of nitrogens with zero attached hydrogens (tertiary/aromatic N) is 1. The molecule has 2 unspecified atom stereocenters. The molecule has 0 spiro atoms. The highest BCUT2D eigenvalue weighted by Crippen LogP contribution is 2.38. The standard InChI is InChI=1S/C16H15F3N2O2/c17-16(18,19)23-12-4-2-10-6-14(20-13(10)7-12)15(22)21-8-9-1-3-11(21)5-9/h2,4,6-7,9,11,20H,1,3,5,8H2. The molecule has 1 saturated heterocycles. The highest BCUT2D eigenvalue weighted by Gasteiger charge is 2.40. The Bertz CT molecular complexity index is 768. The lowest BCUT2D eigenvalue weighted by Gasteiger charge is -2.26. The Labute approximate surface area is 130 Å². The van der Waals surface area contributed by atoms with Crippen molar-refractivity contribution in [3.63, 3.8) is 0 Å². The molecule has 1 aromatic heterocycles. The Balaban J connectivity index is 1.60. The molecule has 2 atom stereocenters. The maximum Gasteiger partial charge on any atom is 0.573 e. The van der Waals surface area contributed by atoms with Gasteiger partial charge >= 0.3 is 6.36 Å². The number of rotatable bonds is 2. The van der Waals surface area contributed by atoms with Gasteiger partial charge in [0.2, 0.25) is 0 Å². The summed E-state index contributed by atoms with van der Waals surface area (Å²) in [6.45, 7) is 0.779. The van der Waals surface area contributed by atoms with Gasteiger partial charge < -0.3 is 14.6 Å². The van der Waals surface area contributed by atoms with Crippen LogP contribution < -0.4 is 4.74 Å². The molecule has 1 N–H and O–H groups in total. The minimum atomic E-state index is -4.73. The number of ether oxygens (including phenoxy) is 1. The van der Waals surface area contributed by atoms with E-state index in [4.69, 9.17) is 0 Å². The number of likely N-dealkylation sites (tertiary alicyclic amines) is 1. The van der Waals surface area contributed by atoms with Gasteiger partial charge in [0.1, 0.15) is 11.4 Å². The molecule has 4 nitrogen and oxygen atoms in total. The first-order valence-corrected chi connectivity index (χ1v) is 7.58. The average molecular weight is 324 g/mol. The van der Waals surface area contributed by atoms with Gasteiger partial charge in [-0.05, 0) is 43.4 Å². The van der Waals surface area contributed by atoms with Crippen molar-refractivity contribution in [2.45, 2.75) is 31.7 Å². The number of halogens is 3. The third-order valence-electron chi connectivity index (χ3n) is 4.73. The van der Waals surface area contributed by atoms with Crippen LogP contribution in [0.3, 0.4) is 0 Å². The number of carbonyl (C=O) groups excluding carboxylic acids is 1. The highest BCUT2D eigenvalue weighted by atomic mass is 19.4. The van der Waals surface area contributed by atoms with Crippen LogP contribution in [0.1, 0.15) is 29.8 Å². The number of carbonyl (C=O) groups is 1. The average Bonchev–Trinajstić information content (AvgIpc) is 3.18. The third kappa shape index (κ3) is 2.64. The van der Waals surface area contributed by atoms with Crippen molar-refractivity contribution >= 4 is 16.8 Å². The van der Waals surface area contributed by atoms with Gasteiger partial charge in [0.05, 0.1) is 0 Å². The number of hydrogen-bond donors (Lipinski definition) is 1. The number of alkyl halides is 3. The lowest BCUT2D eigenvalue weighted by molar-refractivity contribution is -0.274. The summed E-state index contributed by atoms with van der Waals surface area (Å²) < 4.78 is 40.7. The van der Waals surface area contributed by atoms with E-state index in [1.807, 2.05) is 4.90 Å². The number of aromatic amines is 1. The summed E-state index contributed by atoms with van der Waals surface area (Å²) in [5, 5.41) is 0.687. The third-order valence-corrected chi connectivity index (χ3v) is 4.73. The first-order chi connectivity index (χ1) is 10.9. The van der Waals surface area contributed by atoms with Crippen molar-refractivity contribution in [1.82, 2.24) is 9.88 Å². The van der Waals surface area contributed by atoms with E-state index in [-0.39, 0.29) is 11.7 Å². The number of benzene rings is 1. The normalized spacial score (nSPS) is 23.7. The van der Waals surface area contributed by atoms with Crippen LogP contribution >= 0.6 is 0 Å². The molecule has 4 rings (SSSR count). The monoisotopic (exact) mass is 324 g/mol. The zero-order valence-corrected chi connectivity index (χ0v) is 12.2. The Morgan fingerprint density at radius 1 is 1.26 bits per heavy atom. The number of hydrogen-bond acceptors (Lipinski definition) is 2. The number of aromatic nitrogens is 1. The number of H-pyrrole nitrogens is 1. The molecular weight excluding hydrogens is 309 g/mol. The minimum absolute atomic E-state index is 0.0771. The molecule has 1 saturated carbocycles. The maximum atomic E-state index is 12.6. The summed E-state index contributed by atoms with van der Waals surface area (Å²) in [5.41, 5.74) is 0.871. The number of amides is 1. The summed E-state index contributed by atoms with van der Waals surface area (Å²) in [6.07, 6.45) is -1.44. The predicted molar refractivity (Wildman–Crippen MR) is 77.1 cm³/mol. The van der Waals surface area contributed by atoms with E-state index in [9.17, 15) is 18.0 Å². The van der Waals surface area contributed by atoms with E-state index in [1.165, 1.54) is 24.6 Å². The van der Waals surface area contributed by atoms with Gasteiger partial charge in [0.15, 0.2) is 0 Å². The fraction of sp³-hybridized carbons (Fsp3) is 0.438. The first-order valence-electron chi connectivity index (χ1n) is 7.58. The number of nitrogens with one attached hydrogen (secondary N) is 1. The van der Waals surface area contributed by atoms with Crippen LogP contribution in [-0.4, -0.2) is 34.7 Å². The van der Waals surface area contributed by atoms with Gasteiger partial charge in [-0.2, -0.15) is 0 Å². The molecule has 1 aliphatic heterocycles. The molecule has 2 fully saturated rings. The molecule has 2 heterocycles. The summed E-state index contributed by atoms with van der Waals surface area (Å²) >= 11 is 0. The van der Waals surface area contributed by atoms with Crippen LogP contribution in [0.15, 0.2) is 24.3 Å². The van der Waals surface area contributed by atoms with Gasteiger partial charge in [-0.25, -0.2) is 0 Å². The van der Waals surface area contributed by atoms with Gasteiger partial charge in [0, 0.05) is 29.6 Å². The summed E-state index contributed by atoms with van der Waals surface area (Å²) in [4.78, 5) is 17.4. The molecule has 122 valence electrons. The lowest BCUT2D eigenvalue weighted by Crippen LogP contribution is -2.37. The van der Waals surface area contributed by atoms with Crippen LogP contribution in [-0.2, 0) is 0 Å². The maximum absolute atomic E-state index is 12.6. The second-order valence-corrected chi connectivity index (χ2v) is 6.27. The quantitative estimate of drug-likeness (QED) is 0.916. The van der Waals surface area contributed by atoms with Gasteiger partial charge in [-0.1, -0.05) is 0 Å². The topological polar surface area (TPSA) is 45.3 Å². The predicted octanol–water partition coefficient (Wildman–Crippen LogP) is 3.69. The highest BCUT2D eigenvalue weighted by molar-refractivity contribution is 5.98. The van der Waals surface area contributed by atoms with E-state index in [2.05, 4.69) is 9.72 Å². The van der Waals surface area contributed by atoms with Crippen molar-refractivity contribution in [2.75, 3.05) is 6.54 Å². The zero-order chi connectivity index (χ0) is 16.2. The molecular formula is C16H15F3N2O2. The molecule has 2 aliphatic rings. The van der Waals surface area contributed by atoms with Crippen molar-refractivity contribution in [3.05, 3.63) is 30.0 Å².